The van der Waals surface area contributed by atoms with Crippen LogP contribution in [-0.4, -0.2) is 38.7 Å². The highest BCUT2D eigenvalue weighted by Gasteiger charge is 2.23. The molecule has 1 atom stereocenters. The van der Waals surface area contributed by atoms with E-state index in [1.807, 2.05) is 30.5 Å². The van der Waals surface area contributed by atoms with Gasteiger partial charge in [-0.3, -0.25) is 4.79 Å². The second-order valence-electron chi connectivity index (χ2n) is 7.21. The fourth-order valence-electron chi connectivity index (χ4n) is 3.71. The van der Waals surface area contributed by atoms with Crippen LogP contribution in [0.2, 0.25) is 0 Å². The number of hydrogen-bond donors (Lipinski definition) is 1. The van der Waals surface area contributed by atoms with Gasteiger partial charge in [0.05, 0.1) is 35.8 Å². The third-order valence-electron chi connectivity index (χ3n) is 5.29. The Bertz CT molecular complexity index is 947. The van der Waals surface area contributed by atoms with Crippen LogP contribution >= 0.6 is 0 Å². The van der Waals surface area contributed by atoms with Gasteiger partial charge >= 0.3 is 0 Å². The Morgan fingerprint density at radius 1 is 1.11 bits per heavy atom. The molecule has 0 unspecified atom stereocenters. The molecule has 0 bridgehead atoms. The Labute approximate surface area is 156 Å². The number of amides is 1. The predicted molar refractivity (Wildman–Crippen MR) is 100 cm³/mol. The fourth-order valence-corrected chi connectivity index (χ4v) is 3.71. The third-order valence-corrected chi connectivity index (χ3v) is 5.29. The summed E-state index contributed by atoms with van der Waals surface area (Å²) in [5.41, 5.74) is 4.76. The number of ether oxygens (including phenoxy) is 1. The van der Waals surface area contributed by atoms with E-state index in [2.05, 4.69) is 20.4 Å². The molecular weight excluding hydrogens is 342 g/mol. The summed E-state index contributed by atoms with van der Waals surface area (Å²) in [6, 6.07) is 7.72. The minimum Gasteiger partial charge on any atom is -0.381 e. The molecule has 1 aliphatic heterocycles. The molecule has 1 amide bonds. The fraction of sp³-hybridized carbons (Fsp3) is 0.400. The van der Waals surface area contributed by atoms with Gasteiger partial charge in [-0.1, -0.05) is 12.1 Å². The van der Waals surface area contributed by atoms with Gasteiger partial charge in [-0.2, -0.15) is 5.10 Å². The van der Waals surface area contributed by atoms with Crippen LogP contribution in [-0.2, 0) is 22.4 Å². The molecule has 1 saturated heterocycles. The van der Waals surface area contributed by atoms with Gasteiger partial charge in [0.25, 0.3) is 5.78 Å². The Morgan fingerprint density at radius 2 is 1.93 bits per heavy atom. The number of carbonyl (C=O) groups excluding carboxylic acids is 1. The highest BCUT2D eigenvalue weighted by atomic mass is 16.5. The van der Waals surface area contributed by atoms with E-state index in [1.54, 1.807) is 4.52 Å². The second-order valence-corrected chi connectivity index (χ2v) is 7.21. The van der Waals surface area contributed by atoms with Gasteiger partial charge in [-0.25, -0.2) is 14.5 Å². The SMILES string of the molecule is O=C(Nc1ccc(-c2cn3nc4c(nc3n2)CCCC4)cc1)[C@H]1CCOC1. The van der Waals surface area contributed by atoms with Crippen LogP contribution in [0.1, 0.15) is 30.7 Å². The molecule has 3 heterocycles. The van der Waals surface area contributed by atoms with Crippen molar-refractivity contribution >= 4 is 17.4 Å². The molecule has 7 heteroatoms. The van der Waals surface area contributed by atoms with Crippen molar-refractivity contribution in [1.29, 1.82) is 0 Å². The number of hydrogen-bond acceptors (Lipinski definition) is 5. The van der Waals surface area contributed by atoms with Crippen molar-refractivity contribution in [2.75, 3.05) is 18.5 Å². The van der Waals surface area contributed by atoms with Crippen LogP contribution in [0.3, 0.4) is 0 Å². The van der Waals surface area contributed by atoms with E-state index >= 15 is 0 Å². The van der Waals surface area contributed by atoms with Crippen LogP contribution in [0.25, 0.3) is 17.0 Å². The number of nitrogens with zero attached hydrogens (tertiary/aromatic N) is 4. The van der Waals surface area contributed by atoms with E-state index in [-0.39, 0.29) is 11.8 Å². The van der Waals surface area contributed by atoms with Crippen molar-refractivity contribution in [3.05, 3.63) is 41.9 Å². The summed E-state index contributed by atoms with van der Waals surface area (Å²) in [4.78, 5) is 21.5. The van der Waals surface area contributed by atoms with Crippen LogP contribution in [0.4, 0.5) is 5.69 Å². The van der Waals surface area contributed by atoms with Gasteiger partial charge in [0.2, 0.25) is 5.91 Å². The van der Waals surface area contributed by atoms with E-state index < -0.39 is 0 Å². The number of imidazole rings is 1. The van der Waals surface area contributed by atoms with E-state index in [1.165, 1.54) is 12.8 Å². The van der Waals surface area contributed by atoms with Crippen LogP contribution < -0.4 is 5.32 Å². The molecular formula is C20H21N5O2. The maximum atomic E-state index is 12.2. The molecule has 0 saturated carbocycles. The number of carbonyl (C=O) groups is 1. The molecule has 2 aliphatic rings. The van der Waals surface area contributed by atoms with Crippen molar-refractivity contribution in [1.82, 2.24) is 19.6 Å². The molecule has 138 valence electrons. The molecule has 0 radical (unpaired) electrons. The number of nitrogens with one attached hydrogen (secondary N) is 1. The van der Waals surface area contributed by atoms with Gasteiger partial charge in [-0.15, -0.1) is 0 Å². The van der Waals surface area contributed by atoms with Gasteiger partial charge in [0.1, 0.15) is 0 Å². The largest absolute Gasteiger partial charge is 0.381 e. The van der Waals surface area contributed by atoms with Crippen LogP contribution in [0.15, 0.2) is 30.5 Å². The summed E-state index contributed by atoms with van der Waals surface area (Å²) in [6.07, 6.45) is 7.03. The number of anilines is 1. The first kappa shape index (κ1) is 16.4. The first-order valence-electron chi connectivity index (χ1n) is 9.50. The molecule has 1 aliphatic carbocycles. The lowest BCUT2D eigenvalue weighted by Gasteiger charge is -2.12. The maximum Gasteiger partial charge on any atom is 0.251 e. The molecule has 27 heavy (non-hydrogen) atoms. The third kappa shape index (κ3) is 3.19. The first-order chi connectivity index (χ1) is 13.3. The molecule has 1 aromatic carbocycles. The minimum atomic E-state index is -0.0497. The Kier molecular flexibility index (Phi) is 4.09. The average molecular weight is 363 g/mol. The molecule has 2 aromatic heterocycles. The second kappa shape index (κ2) is 6.74. The lowest BCUT2D eigenvalue weighted by Crippen LogP contribution is -2.22. The number of aromatic nitrogens is 4. The summed E-state index contributed by atoms with van der Waals surface area (Å²) in [7, 11) is 0. The van der Waals surface area contributed by atoms with Crippen LogP contribution in [0.5, 0.6) is 0 Å². The summed E-state index contributed by atoms with van der Waals surface area (Å²) >= 11 is 0. The standard InChI is InChI=1S/C20H21N5O2/c26-19(14-9-10-27-12-14)21-15-7-5-13(6-8-15)18-11-25-20(23-18)22-16-3-1-2-4-17(16)24-25/h5-8,11,14H,1-4,9-10,12H2,(H,21,26)/t14-/m0/s1. The first-order valence-corrected chi connectivity index (χ1v) is 9.50. The van der Waals surface area contributed by atoms with Crippen LogP contribution in [0, 0.1) is 5.92 Å². The summed E-state index contributed by atoms with van der Waals surface area (Å²) < 4.78 is 7.05. The number of benzene rings is 1. The molecule has 1 fully saturated rings. The number of rotatable bonds is 3. The highest BCUT2D eigenvalue weighted by Crippen LogP contribution is 2.23. The molecule has 5 rings (SSSR count). The zero-order chi connectivity index (χ0) is 18.2. The van der Waals surface area contributed by atoms with E-state index in [4.69, 9.17) is 4.74 Å². The van der Waals surface area contributed by atoms with Crippen molar-refractivity contribution in [3.63, 3.8) is 0 Å². The molecule has 0 spiro atoms. The molecule has 7 nitrogen and oxygen atoms in total. The van der Waals surface area contributed by atoms with E-state index in [0.29, 0.717) is 19.0 Å². The van der Waals surface area contributed by atoms with Crippen molar-refractivity contribution in [2.45, 2.75) is 32.1 Å². The zero-order valence-electron chi connectivity index (χ0n) is 15.0. The van der Waals surface area contributed by atoms with E-state index in [9.17, 15) is 4.79 Å². The predicted octanol–water partition coefficient (Wildman–Crippen LogP) is 2.65. The Balaban J connectivity index is 1.37. The number of aryl methyl sites for hydroxylation is 2. The van der Waals surface area contributed by atoms with E-state index in [0.717, 1.165) is 47.6 Å². The van der Waals surface area contributed by atoms with Crippen molar-refractivity contribution in [2.24, 2.45) is 5.92 Å². The van der Waals surface area contributed by atoms with Crippen molar-refractivity contribution in [3.8, 4) is 11.3 Å². The lowest BCUT2D eigenvalue weighted by atomic mass is 10.0. The minimum absolute atomic E-state index is 0.0203. The smallest absolute Gasteiger partial charge is 0.251 e. The maximum absolute atomic E-state index is 12.2. The highest BCUT2D eigenvalue weighted by molar-refractivity contribution is 5.93. The molecule has 3 aromatic rings. The monoisotopic (exact) mass is 363 g/mol. The topological polar surface area (TPSA) is 81.4 Å². The van der Waals surface area contributed by atoms with Gasteiger partial charge in [0, 0.05) is 17.9 Å². The Morgan fingerprint density at radius 3 is 2.70 bits per heavy atom. The number of fused-ring (bicyclic) bond motifs is 2. The summed E-state index contributed by atoms with van der Waals surface area (Å²) in [6.45, 7) is 1.17. The lowest BCUT2D eigenvalue weighted by molar-refractivity contribution is -0.119. The average Bonchev–Trinajstić information content (AvgIpc) is 3.36. The van der Waals surface area contributed by atoms with Crippen molar-refractivity contribution < 1.29 is 9.53 Å². The van der Waals surface area contributed by atoms with Gasteiger partial charge < -0.3 is 10.1 Å². The molecule has 1 N–H and O–H groups in total. The summed E-state index contributed by atoms with van der Waals surface area (Å²) in [5, 5.41) is 7.64. The van der Waals surface area contributed by atoms with Gasteiger partial charge in [-0.05, 0) is 44.2 Å². The Hall–Kier alpha value is -2.80. The quantitative estimate of drug-likeness (QED) is 0.774. The summed E-state index contributed by atoms with van der Waals surface area (Å²) in [5.74, 6) is 0.613. The zero-order valence-corrected chi connectivity index (χ0v) is 15.0. The van der Waals surface area contributed by atoms with Gasteiger partial charge in [0.15, 0.2) is 0 Å². The normalized spacial score (nSPS) is 19.2.